The number of nitrogens with two attached hydrogens (primary N) is 1. The van der Waals surface area contributed by atoms with Crippen molar-refractivity contribution in [3.05, 3.63) is 64.7 Å². The number of para-hydroxylation sites is 1. The maximum atomic E-state index is 11.3. The molecule has 1 atom stereocenters. The van der Waals surface area contributed by atoms with Crippen LogP contribution in [-0.2, 0) is 24.2 Å². The number of ether oxygens (including phenoxy) is 1. The molecule has 0 spiro atoms. The molecule has 4 heteroatoms. The summed E-state index contributed by atoms with van der Waals surface area (Å²) in [5, 5.41) is 9.95. The number of hydrogen-bond acceptors (Lipinski definition) is 3. The predicted molar refractivity (Wildman–Crippen MR) is 90.1 cm³/mol. The van der Waals surface area contributed by atoms with E-state index in [1.807, 2.05) is 18.2 Å². The van der Waals surface area contributed by atoms with Crippen LogP contribution >= 0.6 is 0 Å². The predicted octanol–water partition coefficient (Wildman–Crippen LogP) is 2.91. The molecule has 0 radical (unpaired) electrons. The molecule has 0 bridgehead atoms. The highest BCUT2D eigenvalue weighted by Crippen LogP contribution is 2.27. The van der Waals surface area contributed by atoms with Crippen molar-refractivity contribution in [3.8, 4) is 5.75 Å². The van der Waals surface area contributed by atoms with Crippen molar-refractivity contribution in [2.75, 3.05) is 0 Å². The molecule has 0 aliphatic heterocycles. The average molecular weight is 313 g/mol. The van der Waals surface area contributed by atoms with Crippen molar-refractivity contribution in [1.29, 1.82) is 0 Å². The number of rotatable bonds is 7. The molecule has 0 saturated carbocycles. The lowest BCUT2D eigenvalue weighted by molar-refractivity contribution is -0.126. The normalized spacial score (nSPS) is 12.0. The Bertz CT molecular complexity index is 660. The first-order valence-corrected chi connectivity index (χ1v) is 7.87. The van der Waals surface area contributed by atoms with E-state index in [0.29, 0.717) is 5.56 Å². The fourth-order valence-electron chi connectivity index (χ4n) is 2.62. The van der Waals surface area contributed by atoms with E-state index in [9.17, 15) is 9.90 Å². The second-order valence-electron chi connectivity index (χ2n) is 5.40. The van der Waals surface area contributed by atoms with Gasteiger partial charge in [-0.25, -0.2) is 0 Å². The van der Waals surface area contributed by atoms with Gasteiger partial charge in [0.1, 0.15) is 12.4 Å². The molecule has 0 fully saturated rings. The number of primary amides is 1. The minimum Gasteiger partial charge on any atom is -0.488 e. The van der Waals surface area contributed by atoms with E-state index in [4.69, 9.17) is 10.5 Å². The molecule has 23 heavy (non-hydrogen) atoms. The number of benzene rings is 2. The number of hydrogen-bond donors (Lipinski definition) is 2. The van der Waals surface area contributed by atoms with E-state index in [2.05, 4.69) is 26.0 Å². The third kappa shape index (κ3) is 3.90. The molecule has 122 valence electrons. The molecule has 4 nitrogen and oxygen atoms in total. The van der Waals surface area contributed by atoms with Crippen LogP contribution in [-0.4, -0.2) is 11.0 Å². The van der Waals surface area contributed by atoms with Gasteiger partial charge in [0.2, 0.25) is 0 Å². The zero-order valence-electron chi connectivity index (χ0n) is 13.6. The highest BCUT2D eigenvalue weighted by Gasteiger charge is 2.18. The third-order valence-electron chi connectivity index (χ3n) is 3.93. The van der Waals surface area contributed by atoms with Crippen molar-refractivity contribution in [2.45, 2.75) is 39.4 Å². The summed E-state index contributed by atoms with van der Waals surface area (Å²) in [5.74, 6) is 0.126. The molecular weight excluding hydrogens is 290 g/mol. The molecule has 3 N–H and O–H groups in total. The van der Waals surface area contributed by atoms with Gasteiger partial charge in [-0.15, -0.1) is 0 Å². The number of amides is 1. The lowest BCUT2D eigenvalue weighted by Gasteiger charge is -2.17. The van der Waals surface area contributed by atoms with Gasteiger partial charge in [-0.05, 0) is 35.1 Å². The van der Waals surface area contributed by atoms with E-state index < -0.39 is 12.0 Å². The molecule has 2 aromatic rings. The molecule has 0 heterocycles. The fourth-order valence-corrected chi connectivity index (χ4v) is 2.62. The molecule has 1 unspecified atom stereocenters. The largest absolute Gasteiger partial charge is 0.488 e. The summed E-state index contributed by atoms with van der Waals surface area (Å²) in [4.78, 5) is 11.3. The SMILES string of the molecule is CCc1cccc(CC)c1OCc1ccccc1C(O)C(N)=O. The lowest BCUT2D eigenvalue weighted by Crippen LogP contribution is -2.22. The summed E-state index contributed by atoms with van der Waals surface area (Å²) in [7, 11) is 0. The summed E-state index contributed by atoms with van der Waals surface area (Å²) in [6, 6.07) is 13.3. The van der Waals surface area contributed by atoms with Crippen molar-refractivity contribution in [3.63, 3.8) is 0 Å². The summed E-state index contributed by atoms with van der Waals surface area (Å²) >= 11 is 0. The molecule has 2 aromatic carbocycles. The number of aliphatic hydroxyl groups excluding tert-OH is 1. The van der Waals surface area contributed by atoms with Gasteiger partial charge in [-0.3, -0.25) is 4.79 Å². The topological polar surface area (TPSA) is 72.6 Å². The van der Waals surface area contributed by atoms with Gasteiger partial charge in [-0.2, -0.15) is 0 Å². The first-order chi connectivity index (χ1) is 11.1. The Morgan fingerprint density at radius 2 is 1.61 bits per heavy atom. The van der Waals surface area contributed by atoms with Crippen molar-refractivity contribution < 1.29 is 14.6 Å². The summed E-state index contributed by atoms with van der Waals surface area (Å²) < 4.78 is 6.04. The Morgan fingerprint density at radius 3 is 2.17 bits per heavy atom. The van der Waals surface area contributed by atoms with Gasteiger partial charge in [0, 0.05) is 0 Å². The zero-order chi connectivity index (χ0) is 16.8. The van der Waals surface area contributed by atoms with Crippen LogP contribution in [0.15, 0.2) is 42.5 Å². The second-order valence-corrected chi connectivity index (χ2v) is 5.40. The van der Waals surface area contributed by atoms with E-state index in [-0.39, 0.29) is 6.61 Å². The number of aryl methyl sites for hydroxylation is 2. The molecule has 0 saturated heterocycles. The number of aliphatic hydroxyl groups is 1. The minimum atomic E-state index is -1.32. The molecule has 0 aliphatic rings. The zero-order valence-corrected chi connectivity index (χ0v) is 13.6. The Kier molecular flexibility index (Phi) is 5.77. The van der Waals surface area contributed by atoms with Crippen LogP contribution in [0.5, 0.6) is 5.75 Å². The fraction of sp³-hybridized carbons (Fsp3) is 0.316. The van der Waals surface area contributed by atoms with E-state index >= 15 is 0 Å². The summed E-state index contributed by atoms with van der Waals surface area (Å²) in [6.07, 6.45) is 0.450. The van der Waals surface area contributed by atoms with Gasteiger partial charge in [-0.1, -0.05) is 56.3 Å². The highest BCUT2D eigenvalue weighted by molar-refractivity contribution is 5.80. The van der Waals surface area contributed by atoms with E-state index in [0.717, 1.165) is 35.3 Å². The summed E-state index contributed by atoms with van der Waals surface area (Å²) in [5.41, 5.74) is 8.76. The van der Waals surface area contributed by atoms with Crippen LogP contribution in [0.3, 0.4) is 0 Å². The molecular formula is C19H23NO3. The van der Waals surface area contributed by atoms with Crippen LogP contribution in [0, 0.1) is 0 Å². The Morgan fingerprint density at radius 1 is 1.04 bits per heavy atom. The second kappa shape index (κ2) is 7.79. The van der Waals surface area contributed by atoms with E-state index in [1.165, 1.54) is 0 Å². The van der Waals surface area contributed by atoms with Gasteiger partial charge in [0.25, 0.3) is 5.91 Å². The van der Waals surface area contributed by atoms with Crippen molar-refractivity contribution in [1.82, 2.24) is 0 Å². The van der Waals surface area contributed by atoms with E-state index in [1.54, 1.807) is 12.1 Å². The standard InChI is InChI=1S/C19H23NO3/c1-3-13-9-7-10-14(4-2)18(13)23-12-15-8-5-6-11-16(15)17(21)19(20)22/h5-11,17,21H,3-4,12H2,1-2H3,(H2,20,22). The monoisotopic (exact) mass is 313 g/mol. The lowest BCUT2D eigenvalue weighted by atomic mass is 10.0. The maximum Gasteiger partial charge on any atom is 0.250 e. The van der Waals surface area contributed by atoms with Crippen LogP contribution in [0.25, 0.3) is 0 Å². The average Bonchev–Trinajstić information content (AvgIpc) is 2.59. The van der Waals surface area contributed by atoms with Crippen LogP contribution in [0.4, 0.5) is 0 Å². The Labute approximate surface area is 136 Å². The minimum absolute atomic E-state index is 0.282. The summed E-state index contributed by atoms with van der Waals surface area (Å²) in [6.45, 7) is 4.46. The smallest absolute Gasteiger partial charge is 0.250 e. The first-order valence-electron chi connectivity index (χ1n) is 7.87. The quantitative estimate of drug-likeness (QED) is 0.825. The van der Waals surface area contributed by atoms with Crippen molar-refractivity contribution >= 4 is 5.91 Å². The molecule has 0 aliphatic carbocycles. The number of carbonyl (C=O) groups is 1. The first kappa shape index (κ1) is 17.0. The molecule has 0 aromatic heterocycles. The Balaban J connectivity index is 2.27. The molecule has 1 amide bonds. The van der Waals surface area contributed by atoms with Crippen molar-refractivity contribution in [2.24, 2.45) is 5.73 Å². The van der Waals surface area contributed by atoms with Gasteiger partial charge in [0.15, 0.2) is 6.10 Å². The third-order valence-corrected chi connectivity index (χ3v) is 3.93. The van der Waals surface area contributed by atoms with Gasteiger partial charge < -0.3 is 15.6 Å². The van der Waals surface area contributed by atoms with Crippen LogP contribution in [0.2, 0.25) is 0 Å². The number of carbonyl (C=O) groups excluding carboxylic acids is 1. The van der Waals surface area contributed by atoms with Crippen LogP contribution < -0.4 is 10.5 Å². The van der Waals surface area contributed by atoms with Gasteiger partial charge >= 0.3 is 0 Å². The maximum absolute atomic E-state index is 11.3. The van der Waals surface area contributed by atoms with Crippen LogP contribution in [0.1, 0.15) is 42.2 Å². The Hall–Kier alpha value is -2.33. The highest BCUT2D eigenvalue weighted by atomic mass is 16.5. The van der Waals surface area contributed by atoms with Gasteiger partial charge in [0.05, 0.1) is 0 Å². The molecule has 2 rings (SSSR count).